The van der Waals surface area contributed by atoms with Crippen LogP contribution >= 0.6 is 0 Å². The second kappa shape index (κ2) is 6.12. The van der Waals surface area contributed by atoms with Gasteiger partial charge in [0, 0.05) is 30.5 Å². The molecule has 0 saturated carbocycles. The van der Waals surface area contributed by atoms with Crippen molar-refractivity contribution >= 4 is 11.4 Å². The summed E-state index contributed by atoms with van der Waals surface area (Å²) in [5.41, 5.74) is 8.43. The van der Waals surface area contributed by atoms with Crippen LogP contribution in [0.5, 0.6) is 0 Å². The number of β-amino-alcohol motifs (C(OH)–C–C–N with tert-alkyl or cyclic N) is 1. The Morgan fingerprint density at radius 2 is 2.25 bits per heavy atom. The van der Waals surface area contributed by atoms with Crippen LogP contribution in [0.25, 0.3) is 0 Å². The Labute approximate surface area is 120 Å². The molecule has 1 aromatic rings. The maximum absolute atomic E-state index is 9.93. The van der Waals surface area contributed by atoms with Gasteiger partial charge in [0.1, 0.15) is 0 Å². The van der Waals surface area contributed by atoms with Gasteiger partial charge in [0.25, 0.3) is 0 Å². The van der Waals surface area contributed by atoms with Crippen molar-refractivity contribution in [2.24, 2.45) is 0 Å². The number of aliphatic hydroxyl groups is 1. The van der Waals surface area contributed by atoms with Crippen molar-refractivity contribution in [1.29, 1.82) is 5.26 Å². The van der Waals surface area contributed by atoms with Crippen LogP contribution < -0.4 is 10.6 Å². The smallest absolute Gasteiger partial charge is 0.0735 e. The number of benzene rings is 1. The molecule has 1 saturated heterocycles. The number of hydrogen-bond acceptors (Lipinski definition) is 5. The number of likely N-dealkylation sites (N-methyl/N-ethyl adjacent to an activating group) is 1. The molecule has 1 aliphatic heterocycles. The lowest BCUT2D eigenvalue weighted by molar-refractivity contribution is 0.191. The summed E-state index contributed by atoms with van der Waals surface area (Å²) >= 11 is 0. The molecule has 1 heterocycles. The van der Waals surface area contributed by atoms with Crippen LogP contribution in [-0.2, 0) is 6.42 Å². The standard InChI is InChI=1S/C15H22N4O/c1-18(2)9-13-8-14(20)10-19(13)12-3-4-15(17)11(7-12)5-6-16/h3-4,7,13-14,20H,5,8-10,17H2,1-2H3. The van der Waals surface area contributed by atoms with Gasteiger partial charge in [0.05, 0.1) is 18.6 Å². The third-order valence-electron chi connectivity index (χ3n) is 3.70. The maximum atomic E-state index is 9.93. The Kier molecular flexibility index (Phi) is 4.48. The molecule has 0 spiro atoms. The zero-order chi connectivity index (χ0) is 14.7. The fourth-order valence-electron chi connectivity index (χ4n) is 2.81. The Morgan fingerprint density at radius 1 is 1.50 bits per heavy atom. The van der Waals surface area contributed by atoms with Crippen molar-refractivity contribution in [3.8, 4) is 6.07 Å². The SMILES string of the molecule is CN(C)CC1CC(O)CN1c1ccc(N)c(CC#N)c1. The van der Waals surface area contributed by atoms with Crippen molar-refractivity contribution in [2.75, 3.05) is 37.8 Å². The number of nitrogens with zero attached hydrogens (tertiary/aromatic N) is 3. The van der Waals surface area contributed by atoms with E-state index in [2.05, 4.69) is 15.9 Å². The van der Waals surface area contributed by atoms with E-state index in [0.29, 0.717) is 24.7 Å². The van der Waals surface area contributed by atoms with Gasteiger partial charge in [0.15, 0.2) is 0 Å². The van der Waals surface area contributed by atoms with Gasteiger partial charge in [-0.25, -0.2) is 0 Å². The topological polar surface area (TPSA) is 76.5 Å². The van der Waals surface area contributed by atoms with Gasteiger partial charge in [-0.2, -0.15) is 5.26 Å². The second-order valence-corrected chi connectivity index (χ2v) is 5.68. The first kappa shape index (κ1) is 14.6. The number of hydrogen-bond donors (Lipinski definition) is 2. The highest BCUT2D eigenvalue weighted by Gasteiger charge is 2.31. The summed E-state index contributed by atoms with van der Waals surface area (Å²) in [4.78, 5) is 4.34. The van der Waals surface area contributed by atoms with Crippen molar-refractivity contribution in [2.45, 2.75) is 25.0 Å². The quantitative estimate of drug-likeness (QED) is 0.796. The first-order valence-corrected chi connectivity index (χ1v) is 6.86. The molecule has 0 aromatic heterocycles. The molecule has 1 aromatic carbocycles. The monoisotopic (exact) mass is 274 g/mol. The zero-order valence-corrected chi connectivity index (χ0v) is 12.1. The summed E-state index contributed by atoms with van der Waals surface area (Å²) in [7, 11) is 4.07. The normalized spacial score (nSPS) is 22.2. The molecule has 5 nitrogen and oxygen atoms in total. The molecule has 108 valence electrons. The third kappa shape index (κ3) is 3.21. The van der Waals surface area contributed by atoms with Crippen molar-refractivity contribution in [3.05, 3.63) is 23.8 Å². The van der Waals surface area contributed by atoms with Crippen LogP contribution in [0.4, 0.5) is 11.4 Å². The maximum Gasteiger partial charge on any atom is 0.0735 e. The molecular weight excluding hydrogens is 252 g/mol. The van der Waals surface area contributed by atoms with E-state index in [9.17, 15) is 5.11 Å². The fourth-order valence-corrected chi connectivity index (χ4v) is 2.81. The van der Waals surface area contributed by atoms with Crippen molar-refractivity contribution < 1.29 is 5.11 Å². The lowest BCUT2D eigenvalue weighted by Gasteiger charge is -2.29. The van der Waals surface area contributed by atoms with E-state index in [0.717, 1.165) is 24.2 Å². The number of nitriles is 1. The lowest BCUT2D eigenvalue weighted by atomic mass is 10.1. The van der Waals surface area contributed by atoms with Gasteiger partial charge in [0.2, 0.25) is 0 Å². The minimum Gasteiger partial charge on any atom is -0.398 e. The molecule has 2 atom stereocenters. The Bertz CT molecular complexity index is 509. The van der Waals surface area contributed by atoms with Crippen molar-refractivity contribution in [1.82, 2.24) is 4.90 Å². The van der Waals surface area contributed by atoms with Crippen LogP contribution in [-0.4, -0.2) is 49.3 Å². The minimum absolute atomic E-state index is 0.290. The average molecular weight is 274 g/mol. The number of nitrogens with two attached hydrogens (primary N) is 1. The predicted molar refractivity (Wildman–Crippen MR) is 80.5 cm³/mol. The van der Waals surface area contributed by atoms with Gasteiger partial charge in [-0.1, -0.05) is 0 Å². The lowest BCUT2D eigenvalue weighted by Crippen LogP contribution is -2.37. The van der Waals surface area contributed by atoms with E-state index in [-0.39, 0.29) is 6.10 Å². The minimum atomic E-state index is -0.295. The molecule has 2 unspecified atom stereocenters. The summed E-state index contributed by atoms with van der Waals surface area (Å²) in [6.07, 6.45) is 0.793. The third-order valence-corrected chi connectivity index (χ3v) is 3.70. The van der Waals surface area contributed by atoms with E-state index in [1.54, 1.807) is 0 Å². The van der Waals surface area contributed by atoms with E-state index >= 15 is 0 Å². The Balaban J connectivity index is 2.25. The number of aliphatic hydroxyl groups excluding tert-OH is 1. The molecule has 3 N–H and O–H groups in total. The van der Waals surface area contributed by atoms with E-state index in [4.69, 9.17) is 11.0 Å². The highest BCUT2D eigenvalue weighted by atomic mass is 16.3. The highest BCUT2D eigenvalue weighted by molar-refractivity contribution is 5.60. The van der Waals surface area contributed by atoms with Gasteiger partial charge in [-0.15, -0.1) is 0 Å². The van der Waals surface area contributed by atoms with Crippen LogP contribution in [0.1, 0.15) is 12.0 Å². The molecular formula is C15H22N4O. The molecule has 0 aliphatic carbocycles. The van der Waals surface area contributed by atoms with Crippen LogP contribution in [0.3, 0.4) is 0 Å². The average Bonchev–Trinajstić information content (AvgIpc) is 2.72. The molecule has 1 fully saturated rings. The van der Waals surface area contributed by atoms with Crippen LogP contribution in [0.15, 0.2) is 18.2 Å². The molecule has 2 rings (SSSR count). The molecule has 0 radical (unpaired) electrons. The second-order valence-electron chi connectivity index (χ2n) is 5.68. The number of anilines is 2. The fraction of sp³-hybridized carbons (Fsp3) is 0.533. The van der Waals surface area contributed by atoms with Gasteiger partial charge in [-0.05, 0) is 44.3 Å². The molecule has 1 aliphatic rings. The molecule has 5 heteroatoms. The van der Waals surface area contributed by atoms with Gasteiger partial charge in [-0.3, -0.25) is 0 Å². The summed E-state index contributed by atoms with van der Waals surface area (Å²) in [5.74, 6) is 0. The molecule has 0 bridgehead atoms. The Hall–Kier alpha value is -1.77. The largest absolute Gasteiger partial charge is 0.398 e. The first-order chi connectivity index (χ1) is 9.51. The van der Waals surface area contributed by atoms with Crippen LogP contribution in [0, 0.1) is 11.3 Å². The van der Waals surface area contributed by atoms with E-state index in [1.807, 2.05) is 32.3 Å². The van der Waals surface area contributed by atoms with Gasteiger partial charge < -0.3 is 20.6 Å². The summed E-state index contributed by atoms with van der Waals surface area (Å²) in [5, 5.41) is 18.8. The van der Waals surface area contributed by atoms with Crippen LogP contribution in [0.2, 0.25) is 0 Å². The summed E-state index contributed by atoms with van der Waals surface area (Å²) in [6, 6.07) is 8.22. The predicted octanol–water partition coefficient (Wildman–Crippen LogP) is 0.836. The number of nitrogen functional groups attached to an aromatic ring is 1. The zero-order valence-electron chi connectivity index (χ0n) is 12.1. The molecule has 0 amide bonds. The van der Waals surface area contributed by atoms with E-state index < -0.39 is 0 Å². The Morgan fingerprint density at radius 3 is 2.90 bits per heavy atom. The first-order valence-electron chi connectivity index (χ1n) is 6.86. The summed E-state index contributed by atoms with van der Waals surface area (Å²) in [6.45, 7) is 1.53. The van der Waals surface area contributed by atoms with E-state index in [1.165, 1.54) is 0 Å². The number of rotatable bonds is 4. The van der Waals surface area contributed by atoms with Gasteiger partial charge >= 0.3 is 0 Å². The van der Waals surface area contributed by atoms with Crippen molar-refractivity contribution in [3.63, 3.8) is 0 Å². The molecule has 20 heavy (non-hydrogen) atoms. The summed E-state index contributed by atoms with van der Waals surface area (Å²) < 4.78 is 0. The highest BCUT2D eigenvalue weighted by Crippen LogP contribution is 2.29.